The number of amides is 1. The molecule has 1 fully saturated rings. The molecule has 1 amide bonds. The third kappa shape index (κ3) is 5.56. The summed E-state index contributed by atoms with van der Waals surface area (Å²) in [6, 6.07) is 8.37. The molecule has 1 aromatic rings. The maximum absolute atomic E-state index is 12.7. The quantitative estimate of drug-likeness (QED) is 0.668. The zero-order valence-corrected chi connectivity index (χ0v) is 16.2. The Bertz CT molecular complexity index is 605. The second kappa shape index (κ2) is 8.99. The number of carbonyl (C=O) groups is 1. The molecule has 1 aliphatic rings. The van der Waals surface area contributed by atoms with Crippen molar-refractivity contribution in [3.63, 3.8) is 0 Å². The van der Waals surface area contributed by atoms with Crippen LogP contribution in [-0.2, 0) is 4.74 Å². The van der Waals surface area contributed by atoms with Crippen LogP contribution in [0.15, 0.2) is 29.3 Å². The van der Waals surface area contributed by atoms with Crippen molar-refractivity contribution in [3.05, 3.63) is 35.4 Å². The van der Waals surface area contributed by atoms with Crippen molar-refractivity contribution < 1.29 is 14.4 Å². The number of ether oxygens (including phenoxy) is 1. The molecular weight excluding hydrogens is 314 g/mol. The first-order valence-electron chi connectivity index (χ1n) is 9.24. The van der Waals surface area contributed by atoms with E-state index in [0.717, 1.165) is 31.5 Å². The number of likely N-dealkylation sites (tertiary alicyclic amines) is 1. The molecule has 1 heterocycles. The Hall–Kier alpha value is -1.88. The lowest BCUT2D eigenvalue weighted by Crippen LogP contribution is -3.10. The highest BCUT2D eigenvalue weighted by Gasteiger charge is 2.26. The van der Waals surface area contributed by atoms with E-state index in [1.54, 1.807) is 4.90 Å². The molecular formula is C20H32N3O2+. The van der Waals surface area contributed by atoms with E-state index in [-0.39, 0.29) is 5.91 Å². The number of carbonyl (C=O) groups excluding carboxylic acids is 1. The summed E-state index contributed by atoms with van der Waals surface area (Å²) in [5.41, 5.74) is 1.57. The van der Waals surface area contributed by atoms with E-state index in [1.807, 2.05) is 38.2 Å². The normalized spacial score (nSPS) is 21.3. The Morgan fingerprint density at radius 2 is 1.96 bits per heavy atom. The van der Waals surface area contributed by atoms with E-state index in [2.05, 4.69) is 30.8 Å². The summed E-state index contributed by atoms with van der Waals surface area (Å²) in [5.74, 6) is 0.149. The minimum absolute atomic E-state index is 0.234. The molecule has 5 nitrogen and oxygen atoms in total. The van der Waals surface area contributed by atoms with Gasteiger partial charge in [-0.25, -0.2) is 0 Å². The highest BCUT2D eigenvalue weighted by atomic mass is 16.5. The number of hydrogen-bond acceptors (Lipinski definition) is 2. The molecule has 0 radical (unpaired) electrons. The molecule has 25 heavy (non-hydrogen) atoms. The summed E-state index contributed by atoms with van der Waals surface area (Å²) in [5, 5.41) is 0. The number of hydrogen-bond donors (Lipinski definition) is 1. The van der Waals surface area contributed by atoms with E-state index < -0.39 is 0 Å². The number of quaternary nitrogens is 1. The lowest BCUT2D eigenvalue weighted by atomic mass is 10.0. The Balaban J connectivity index is 2.19. The van der Waals surface area contributed by atoms with Gasteiger partial charge in [0.2, 0.25) is 0 Å². The van der Waals surface area contributed by atoms with Crippen molar-refractivity contribution in [2.75, 3.05) is 33.8 Å². The highest BCUT2D eigenvalue weighted by molar-refractivity contribution is 6.02. The SMILES string of the molecule is Cc1ccccc1C(=O)N=C(OCC(C)C)N(C)C1CC[NH+](C)CC1. The zero-order valence-electron chi connectivity index (χ0n) is 16.2. The average molecular weight is 346 g/mol. The number of aryl methyl sites for hydroxylation is 1. The van der Waals surface area contributed by atoms with Crippen molar-refractivity contribution in [1.82, 2.24) is 4.90 Å². The van der Waals surface area contributed by atoms with Crippen LogP contribution in [0.3, 0.4) is 0 Å². The smallest absolute Gasteiger partial charge is 0.295 e. The highest BCUT2D eigenvalue weighted by Crippen LogP contribution is 2.13. The standard InChI is InChI=1S/C20H31N3O2/c1-15(2)14-25-20(23(5)17-10-12-22(4)13-11-17)21-19(24)18-9-7-6-8-16(18)3/h6-9,15,17H,10-14H2,1-5H3/p+1. The Morgan fingerprint density at radius 1 is 1.32 bits per heavy atom. The fourth-order valence-electron chi connectivity index (χ4n) is 3.05. The lowest BCUT2D eigenvalue weighted by Gasteiger charge is -2.34. The molecule has 2 rings (SSSR count). The van der Waals surface area contributed by atoms with Gasteiger partial charge in [0, 0.05) is 31.5 Å². The van der Waals surface area contributed by atoms with Crippen LogP contribution >= 0.6 is 0 Å². The van der Waals surface area contributed by atoms with Crippen molar-refractivity contribution in [1.29, 1.82) is 0 Å². The monoisotopic (exact) mass is 346 g/mol. The molecule has 0 aliphatic carbocycles. The minimum Gasteiger partial charge on any atom is -0.465 e. The molecule has 1 saturated heterocycles. The first kappa shape index (κ1) is 19.4. The number of nitrogens with zero attached hydrogens (tertiary/aromatic N) is 2. The van der Waals surface area contributed by atoms with Crippen LogP contribution in [0.2, 0.25) is 0 Å². The Morgan fingerprint density at radius 3 is 2.56 bits per heavy atom. The molecule has 1 aromatic carbocycles. The molecule has 0 atom stereocenters. The van der Waals surface area contributed by atoms with Crippen LogP contribution in [0.25, 0.3) is 0 Å². The zero-order chi connectivity index (χ0) is 18.4. The molecule has 138 valence electrons. The van der Waals surface area contributed by atoms with Gasteiger partial charge in [-0.1, -0.05) is 32.0 Å². The largest absolute Gasteiger partial charge is 0.465 e. The number of piperidine rings is 1. The molecule has 1 aliphatic heterocycles. The topological polar surface area (TPSA) is 46.3 Å². The minimum atomic E-state index is -0.234. The Labute approximate surface area is 151 Å². The first-order valence-corrected chi connectivity index (χ1v) is 9.24. The molecule has 0 bridgehead atoms. The van der Waals surface area contributed by atoms with Crippen molar-refractivity contribution in [3.8, 4) is 0 Å². The second-order valence-corrected chi connectivity index (χ2v) is 7.52. The van der Waals surface area contributed by atoms with Gasteiger partial charge in [0.25, 0.3) is 11.9 Å². The number of benzene rings is 1. The van der Waals surface area contributed by atoms with Gasteiger partial charge in [-0.2, -0.15) is 4.99 Å². The third-order valence-electron chi connectivity index (χ3n) is 4.78. The summed E-state index contributed by atoms with van der Waals surface area (Å²) in [6.07, 6.45) is 2.18. The van der Waals surface area contributed by atoms with Gasteiger partial charge < -0.3 is 14.5 Å². The predicted octanol–water partition coefficient (Wildman–Crippen LogP) is 1.77. The van der Waals surface area contributed by atoms with Gasteiger partial charge in [0.05, 0.1) is 26.7 Å². The molecule has 0 aromatic heterocycles. The van der Waals surface area contributed by atoms with Crippen LogP contribution in [0.4, 0.5) is 0 Å². The van der Waals surface area contributed by atoms with Gasteiger partial charge >= 0.3 is 0 Å². The molecule has 1 N–H and O–H groups in total. The number of rotatable bonds is 4. The van der Waals surface area contributed by atoms with Crippen LogP contribution in [0.1, 0.15) is 42.6 Å². The van der Waals surface area contributed by atoms with Gasteiger partial charge in [-0.05, 0) is 24.5 Å². The van der Waals surface area contributed by atoms with Crippen LogP contribution in [0, 0.1) is 12.8 Å². The van der Waals surface area contributed by atoms with E-state index in [1.165, 1.54) is 0 Å². The van der Waals surface area contributed by atoms with E-state index in [0.29, 0.717) is 30.2 Å². The molecule has 0 saturated carbocycles. The molecule has 0 unspecified atom stereocenters. The van der Waals surface area contributed by atoms with Crippen LogP contribution in [0.5, 0.6) is 0 Å². The van der Waals surface area contributed by atoms with Gasteiger partial charge in [0.15, 0.2) is 0 Å². The van der Waals surface area contributed by atoms with Crippen molar-refractivity contribution >= 4 is 11.9 Å². The summed E-state index contributed by atoms with van der Waals surface area (Å²) >= 11 is 0. The fourth-order valence-corrected chi connectivity index (χ4v) is 3.05. The maximum atomic E-state index is 12.7. The van der Waals surface area contributed by atoms with Gasteiger partial charge in [-0.3, -0.25) is 4.79 Å². The van der Waals surface area contributed by atoms with Gasteiger partial charge in [-0.15, -0.1) is 0 Å². The van der Waals surface area contributed by atoms with Crippen LogP contribution in [-0.4, -0.2) is 56.7 Å². The maximum Gasteiger partial charge on any atom is 0.295 e. The summed E-state index contributed by atoms with van der Waals surface area (Å²) in [4.78, 5) is 20.6. The summed E-state index contributed by atoms with van der Waals surface area (Å²) in [6.45, 7) is 8.96. The van der Waals surface area contributed by atoms with Gasteiger partial charge in [0.1, 0.15) is 0 Å². The lowest BCUT2D eigenvalue weighted by molar-refractivity contribution is -0.885. The summed E-state index contributed by atoms with van der Waals surface area (Å²) < 4.78 is 5.93. The second-order valence-electron chi connectivity index (χ2n) is 7.52. The molecule has 0 spiro atoms. The van der Waals surface area contributed by atoms with Crippen molar-refractivity contribution in [2.24, 2.45) is 10.9 Å². The van der Waals surface area contributed by atoms with E-state index >= 15 is 0 Å². The van der Waals surface area contributed by atoms with Crippen molar-refractivity contribution in [2.45, 2.75) is 39.7 Å². The third-order valence-corrected chi connectivity index (χ3v) is 4.78. The molecule has 5 heteroatoms. The van der Waals surface area contributed by atoms with E-state index in [4.69, 9.17) is 4.74 Å². The van der Waals surface area contributed by atoms with Crippen LogP contribution < -0.4 is 4.90 Å². The van der Waals surface area contributed by atoms with E-state index in [9.17, 15) is 4.79 Å². The fraction of sp³-hybridized carbons (Fsp3) is 0.600. The first-order chi connectivity index (χ1) is 11.9. The number of amidine groups is 1. The predicted molar refractivity (Wildman–Crippen MR) is 101 cm³/mol. The Kier molecular flexibility index (Phi) is 7.00. The number of aliphatic imine (C=N–C) groups is 1. The summed E-state index contributed by atoms with van der Waals surface area (Å²) in [7, 11) is 4.22. The average Bonchev–Trinajstić information content (AvgIpc) is 2.58. The number of nitrogens with one attached hydrogen (secondary N) is 1.